The summed E-state index contributed by atoms with van der Waals surface area (Å²) >= 11 is 1.06. The smallest absolute Gasteiger partial charge is 0.373 e. The number of benzene rings is 1. The SMILES string of the molecule is C[C@H](COc1ccc(-c2cn(CCCN)[n+](C)c2)cc1)O/N=C(\C(=O)N[C@@H]1C(=O)N(OS(=O)(=O)[O-])C1(C)C)c1csc(N)n1.O=C=O. The molecule has 5 N–H and O–H groups in total. The van der Waals surface area contributed by atoms with E-state index in [2.05, 4.69) is 30.6 Å². The number of nitrogens with zero attached hydrogens (tertiary/aromatic N) is 5. The first kappa shape index (κ1) is 36.7. The molecule has 0 radical (unpaired) electrons. The third-order valence-electron chi connectivity index (χ3n) is 6.70. The van der Waals surface area contributed by atoms with Gasteiger partial charge in [-0.15, -0.1) is 16.0 Å². The molecule has 1 aliphatic rings. The summed E-state index contributed by atoms with van der Waals surface area (Å²) < 4.78 is 47.1. The van der Waals surface area contributed by atoms with Crippen molar-refractivity contribution in [2.24, 2.45) is 17.9 Å². The maximum absolute atomic E-state index is 13.2. The third-order valence-corrected chi connectivity index (χ3v) is 7.71. The van der Waals surface area contributed by atoms with Gasteiger partial charge in [0.05, 0.1) is 23.8 Å². The average Bonchev–Trinajstić information content (AvgIpc) is 3.61. The van der Waals surface area contributed by atoms with E-state index in [0.717, 1.165) is 35.4 Å². The molecule has 0 unspecified atom stereocenters. The molecule has 1 saturated heterocycles. The summed E-state index contributed by atoms with van der Waals surface area (Å²) in [5.74, 6) is -1.19. The van der Waals surface area contributed by atoms with E-state index >= 15 is 0 Å². The van der Waals surface area contributed by atoms with Crippen molar-refractivity contribution >= 4 is 50.5 Å². The van der Waals surface area contributed by atoms with Gasteiger partial charge in [0, 0.05) is 5.38 Å². The average molecular weight is 695 g/mol. The van der Waals surface area contributed by atoms with Crippen molar-refractivity contribution in [2.45, 2.75) is 51.4 Å². The van der Waals surface area contributed by atoms with Crippen molar-refractivity contribution < 1.29 is 50.7 Å². The van der Waals surface area contributed by atoms with Crippen LogP contribution in [0.4, 0.5) is 5.13 Å². The third kappa shape index (κ3) is 9.64. The maximum Gasteiger partial charge on any atom is 0.373 e. The topological polar surface area (TPSA) is 255 Å². The zero-order valence-electron chi connectivity index (χ0n) is 25.8. The second kappa shape index (κ2) is 15.7. The Labute approximate surface area is 273 Å². The van der Waals surface area contributed by atoms with Gasteiger partial charge in [0.15, 0.2) is 24.0 Å². The Balaban J connectivity index is 0.00000192. The number of nitrogen functional groups attached to an aromatic ring is 1. The number of anilines is 1. The van der Waals surface area contributed by atoms with E-state index in [9.17, 15) is 22.6 Å². The molecule has 1 fully saturated rings. The summed E-state index contributed by atoms with van der Waals surface area (Å²) in [4.78, 5) is 51.5. The number of carbonyl (C=O) groups excluding carboxylic acids is 4. The van der Waals surface area contributed by atoms with E-state index in [4.69, 9.17) is 30.6 Å². The van der Waals surface area contributed by atoms with E-state index in [0.29, 0.717) is 17.4 Å². The monoisotopic (exact) mass is 694 g/mol. The fraction of sp³-hybridized carbons (Fsp3) is 0.407. The predicted molar refractivity (Wildman–Crippen MR) is 162 cm³/mol. The lowest BCUT2D eigenvalue weighted by molar-refractivity contribution is -0.753. The fourth-order valence-corrected chi connectivity index (χ4v) is 5.33. The molecule has 2 amide bonds. The Morgan fingerprint density at radius 3 is 2.49 bits per heavy atom. The van der Waals surface area contributed by atoms with Gasteiger partial charge in [-0.3, -0.25) is 9.59 Å². The number of β-lactam (4-membered cyclic amide) rings is 1. The molecular weight excluding hydrogens is 660 g/mol. The molecule has 1 aliphatic heterocycles. The molecule has 0 spiro atoms. The van der Waals surface area contributed by atoms with E-state index in [1.54, 1.807) is 6.92 Å². The minimum atomic E-state index is -5.20. The Morgan fingerprint density at radius 2 is 1.94 bits per heavy atom. The second-order valence-corrected chi connectivity index (χ2v) is 12.5. The van der Waals surface area contributed by atoms with Crippen LogP contribution in [0, 0.1) is 0 Å². The number of ether oxygens (including phenoxy) is 1. The zero-order chi connectivity index (χ0) is 34.9. The molecule has 4 rings (SSSR count). The van der Waals surface area contributed by atoms with Crippen LogP contribution < -0.4 is 26.2 Å². The molecule has 3 aromatic rings. The molecule has 2 atom stereocenters. The van der Waals surface area contributed by atoms with E-state index in [-0.39, 0.29) is 29.3 Å². The van der Waals surface area contributed by atoms with E-state index in [1.165, 1.54) is 19.2 Å². The number of hydrogen-bond acceptors (Lipinski definition) is 15. The van der Waals surface area contributed by atoms with Crippen molar-refractivity contribution in [3.8, 4) is 16.9 Å². The molecule has 3 heterocycles. The summed E-state index contributed by atoms with van der Waals surface area (Å²) in [6, 6.07) is 6.33. The van der Waals surface area contributed by atoms with Crippen LogP contribution in [0.1, 0.15) is 32.9 Å². The number of hydrogen-bond donors (Lipinski definition) is 3. The van der Waals surface area contributed by atoms with Crippen molar-refractivity contribution in [3.63, 3.8) is 0 Å². The highest BCUT2D eigenvalue weighted by molar-refractivity contribution is 7.80. The van der Waals surface area contributed by atoms with Crippen LogP contribution in [-0.4, -0.2) is 82.2 Å². The first-order chi connectivity index (χ1) is 22.1. The molecule has 2 aromatic heterocycles. The number of amides is 2. The standard InChI is InChI=1S/C26H34N8O8S2.CO2/c1-16(14-40-19-8-6-17(7-9-19)18-12-32(4)33(13-18)11-5-10-27)41-31-21(20-15-43-25(28)29-20)23(35)30-22-24(36)34(26(22,2)3)42-44(37,38)39;2-1-3/h6-9,12-13,15-16,22H,5,10-11,14,27H2,1-4H3,(H3-,28,29,30,35,37,38,39);/b31-21-;/t16-,22-;/m1./s1. The highest BCUT2D eigenvalue weighted by Gasteiger charge is 2.57. The minimum absolute atomic E-state index is 0.0888. The second-order valence-electron chi connectivity index (χ2n) is 10.6. The molecular formula is C27H34N8O10S2. The number of hydroxylamine groups is 2. The van der Waals surface area contributed by atoms with Crippen molar-refractivity contribution in [1.29, 1.82) is 0 Å². The highest BCUT2D eigenvalue weighted by Crippen LogP contribution is 2.33. The summed E-state index contributed by atoms with van der Waals surface area (Å²) in [7, 11) is -3.23. The van der Waals surface area contributed by atoms with Gasteiger partial charge in [0.1, 0.15) is 24.1 Å². The van der Waals surface area contributed by atoms with Gasteiger partial charge in [-0.2, -0.15) is 23.6 Å². The van der Waals surface area contributed by atoms with Crippen LogP contribution in [0.15, 0.2) is 47.2 Å². The van der Waals surface area contributed by atoms with Gasteiger partial charge in [-0.25, -0.2) is 13.4 Å². The van der Waals surface area contributed by atoms with E-state index in [1.807, 2.05) is 42.2 Å². The van der Waals surface area contributed by atoms with E-state index < -0.39 is 39.9 Å². The molecule has 18 nitrogen and oxygen atoms in total. The summed E-state index contributed by atoms with van der Waals surface area (Å²) in [5.41, 5.74) is 11.9. The number of rotatable bonds is 14. The predicted octanol–water partition coefficient (Wildman–Crippen LogP) is -0.531. The van der Waals surface area contributed by atoms with Gasteiger partial charge >= 0.3 is 6.15 Å². The number of oxime groups is 1. The van der Waals surface area contributed by atoms with Crippen LogP contribution >= 0.6 is 11.3 Å². The molecule has 0 aliphatic carbocycles. The Kier molecular flexibility index (Phi) is 12.3. The fourth-order valence-electron chi connectivity index (χ4n) is 4.33. The lowest BCUT2D eigenvalue weighted by Gasteiger charge is -2.51. The molecule has 1 aromatic carbocycles. The van der Waals surface area contributed by atoms with Crippen LogP contribution in [0.2, 0.25) is 0 Å². The molecule has 0 bridgehead atoms. The maximum atomic E-state index is 13.2. The Bertz CT molecular complexity index is 1730. The van der Waals surface area contributed by atoms with Crippen LogP contribution in [0.3, 0.4) is 0 Å². The van der Waals surface area contributed by atoms with Gasteiger partial charge in [-0.1, -0.05) is 17.3 Å². The molecule has 0 saturated carbocycles. The Morgan fingerprint density at radius 1 is 1.28 bits per heavy atom. The summed E-state index contributed by atoms with van der Waals surface area (Å²) in [5, 5.41) is 8.47. The van der Waals surface area contributed by atoms with Gasteiger partial charge in [-0.05, 0) is 51.4 Å². The number of thiazole rings is 1. The van der Waals surface area contributed by atoms with Crippen LogP contribution in [0.5, 0.6) is 5.75 Å². The number of nitrogens with one attached hydrogen (secondary N) is 1. The zero-order valence-corrected chi connectivity index (χ0v) is 27.4. The minimum Gasteiger partial charge on any atom is -0.724 e. The molecule has 20 heteroatoms. The van der Waals surface area contributed by atoms with Gasteiger partial charge < -0.3 is 30.9 Å². The van der Waals surface area contributed by atoms with Gasteiger partial charge in [0.2, 0.25) is 16.6 Å². The van der Waals surface area contributed by atoms with Crippen LogP contribution in [0.25, 0.3) is 11.1 Å². The largest absolute Gasteiger partial charge is 0.724 e. The number of nitrogens with two attached hydrogens (primary N) is 2. The van der Waals surface area contributed by atoms with Crippen LogP contribution in [-0.2, 0) is 52.3 Å². The lowest BCUT2D eigenvalue weighted by atomic mass is 9.84. The summed E-state index contributed by atoms with van der Waals surface area (Å²) in [6.07, 6.45) is 4.61. The normalized spacial score (nSPS) is 16.3. The summed E-state index contributed by atoms with van der Waals surface area (Å²) in [6.45, 7) is 6.03. The first-order valence-electron chi connectivity index (χ1n) is 13.9. The van der Waals surface area contributed by atoms with Crippen molar-refractivity contribution in [1.82, 2.24) is 20.0 Å². The lowest BCUT2D eigenvalue weighted by Crippen LogP contribution is -2.76. The highest BCUT2D eigenvalue weighted by atomic mass is 32.3. The first-order valence-corrected chi connectivity index (χ1v) is 16.1. The number of carbonyl (C=O) groups is 2. The number of aryl methyl sites for hydroxylation is 2. The molecule has 47 heavy (non-hydrogen) atoms. The van der Waals surface area contributed by atoms with Crippen molar-refractivity contribution in [2.75, 3.05) is 18.9 Å². The number of aromatic nitrogens is 3. The Hall–Kier alpha value is -4.72. The quantitative estimate of drug-likeness (QED) is 0.0480. The van der Waals surface area contributed by atoms with Gasteiger partial charge in [0.25, 0.3) is 11.8 Å². The van der Waals surface area contributed by atoms with Crippen molar-refractivity contribution in [3.05, 3.63) is 47.7 Å². The molecule has 254 valence electrons.